The molecule has 0 aromatic carbocycles. The number of nitrogens with one attached hydrogen (secondary N) is 3. The molecule has 4 N–H and O–H groups in total. The average molecular weight is 443 g/mol. The van der Waals surface area contributed by atoms with E-state index < -0.39 is 23.6 Å². The lowest BCUT2D eigenvalue weighted by molar-refractivity contribution is -0.140. The summed E-state index contributed by atoms with van der Waals surface area (Å²) < 4.78 is 0. The Morgan fingerprint density at radius 3 is 2.69 bits per heavy atom. The number of hydrogen-bond acceptors (Lipinski definition) is 6. The number of carbonyl (C=O) groups excluding carboxylic acids is 3. The van der Waals surface area contributed by atoms with Crippen molar-refractivity contribution in [3.05, 3.63) is 47.8 Å². The van der Waals surface area contributed by atoms with Gasteiger partial charge in [-0.3, -0.25) is 19.4 Å². The number of carbonyl (C=O) groups is 3. The summed E-state index contributed by atoms with van der Waals surface area (Å²) in [6.45, 7) is 7.40. The Balaban J connectivity index is 1.74. The van der Waals surface area contributed by atoms with Crippen molar-refractivity contribution < 1.29 is 19.5 Å². The van der Waals surface area contributed by atoms with E-state index in [0.717, 1.165) is 5.56 Å². The fourth-order valence-electron chi connectivity index (χ4n) is 3.74. The Hall–Kier alpha value is -3.27. The van der Waals surface area contributed by atoms with E-state index in [4.69, 9.17) is 0 Å². The maximum Gasteiger partial charge on any atom is 0.269 e. The highest BCUT2D eigenvalue weighted by molar-refractivity contribution is 5.92. The monoisotopic (exact) mass is 442 g/mol. The van der Waals surface area contributed by atoms with E-state index in [1.165, 1.54) is 18.0 Å². The molecule has 10 nitrogen and oxygen atoms in total. The molecule has 3 rings (SSSR count). The Morgan fingerprint density at radius 2 is 2.06 bits per heavy atom. The third-order valence-electron chi connectivity index (χ3n) is 5.35. The van der Waals surface area contributed by atoms with Crippen molar-refractivity contribution in [1.82, 2.24) is 30.5 Å². The lowest BCUT2D eigenvalue weighted by Gasteiger charge is -2.35. The third kappa shape index (κ3) is 5.50. The highest BCUT2D eigenvalue weighted by atomic mass is 16.3. The van der Waals surface area contributed by atoms with Gasteiger partial charge in [0.05, 0.1) is 18.3 Å². The van der Waals surface area contributed by atoms with Gasteiger partial charge < -0.3 is 25.6 Å². The smallest absolute Gasteiger partial charge is 0.269 e. The largest absolute Gasteiger partial charge is 0.391 e. The van der Waals surface area contributed by atoms with Gasteiger partial charge >= 0.3 is 0 Å². The summed E-state index contributed by atoms with van der Waals surface area (Å²) in [4.78, 5) is 50.3. The number of pyridine rings is 1. The third-order valence-corrected chi connectivity index (χ3v) is 5.35. The normalized spacial score (nSPS) is 19.5. The Labute approximate surface area is 186 Å². The van der Waals surface area contributed by atoms with Crippen LogP contribution in [0.25, 0.3) is 0 Å². The number of likely N-dealkylation sites (tertiary alicyclic amines) is 1. The van der Waals surface area contributed by atoms with Crippen molar-refractivity contribution in [2.24, 2.45) is 5.41 Å². The van der Waals surface area contributed by atoms with Gasteiger partial charge in [-0.05, 0) is 17.0 Å². The van der Waals surface area contributed by atoms with Crippen LogP contribution >= 0.6 is 0 Å². The van der Waals surface area contributed by atoms with Gasteiger partial charge in [-0.25, -0.2) is 4.98 Å². The van der Waals surface area contributed by atoms with E-state index in [1.54, 1.807) is 18.5 Å². The zero-order valence-electron chi connectivity index (χ0n) is 18.8. The van der Waals surface area contributed by atoms with Crippen LogP contribution in [0.1, 0.15) is 62.0 Å². The highest BCUT2D eigenvalue weighted by Gasteiger charge is 2.43. The van der Waals surface area contributed by atoms with Crippen molar-refractivity contribution in [1.29, 1.82) is 0 Å². The van der Waals surface area contributed by atoms with Crippen LogP contribution in [-0.4, -0.2) is 61.4 Å². The van der Waals surface area contributed by atoms with Crippen LogP contribution in [0, 0.1) is 5.41 Å². The summed E-state index contributed by atoms with van der Waals surface area (Å²) in [5, 5.41) is 15.8. The molecule has 32 heavy (non-hydrogen) atoms. The first kappa shape index (κ1) is 23.4. The molecule has 0 aliphatic carbocycles. The SMILES string of the molecule is CC(=O)N[C@H](C(=O)N1C[C@H](O)C[C@H]1c1ncc(C(=O)NCc2cccnc2)[nH]1)C(C)(C)C. The highest BCUT2D eigenvalue weighted by Crippen LogP contribution is 2.33. The summed E-state index contributed by atoms with van der Waals surface area (Å²) in [6.07, 6.45) is 4.30. The van der Waals surface area contributed by atoms with Crippen molar-refractivity contribution in [2.75, 3.05) is 6.54 Å². The number of aliphatic hydroxyl groups is 1. The molecule has 0 saturated carbocycles. The number of aromatic amines is 1. The number of aliphatic hydroxyl groups excluding tert-OH is 1. The first-order valence-corrected chi connectivity index (χ1v) is 10.5. The average Bonchev–Trinajstić information content (AvgIpc) is 3.36. The van der Waals surface area contributed by atoms with Gasteiger partial charge in [0.2, 0.25) is 11.8 Å². The van der Waals surface area contributed by atoms with Gasteiger partial charge in [0.15, 0.2) is 0 Å². The summed E-state index contributed by atoms with van der Waals surface area (Å²) in [5.74, 6) is -0.528. The Kier molecular flexibility index (Phi) is 6.93. The number of hydrogen-bond donors (Lipinski definition) is 4. The predicted molar refractivity (Wildman–Crippen MR) is 116 cm³/mol. The van der Waals surface area contributed by atoms with Crippen LogP contribution in [-0.2, 0) is 16.1 Å². The lowest BCUT2D eigenvalue weighted by Crippen LogP contribution is -2.54. The lowest BCUT2D eigenvalue weighted by atomic mass is 9.85. The van der Waals surface area contributed by atoms with E-state index in [9.17, 15) is 19.5 Å². The predicted octanol–water partition coefficient (Wildman–Crippen LogP) is 0.920. The molecular weight excluding hydrogens is 412 g/mol. The first-order chi connectivity index (χ1) is 15.1. The maximum absolute atomic E-state index is 13.3. The van der Waals surface area contributed by atoms with Gasteiger partial charge in [-0.1, -0.05) is 26.8 Å². The van der Waals surface area contributed by atoms with Crippen LogP contribution in [0.4, 0.5) is 0 Å². The number of aromatic nitrogens is 3. The Bertz CT molecular complexity index is 968. The van der Waals surface area contributed by atoms with Crippen LogP contribution in [0.15, 0.2) is 30.7 Å². The van der Waals surface area contributed by atoms with Crippen molar-refractivity contribution in [2.45, 2.75) is 58.8 Å². The molecule has 172 valence electrons. The fourth-order valence-corrected chi connectivity index (χ4v) is 3.74. The summed E-state index contributed by atoms with van der Waals surface area (Å²) in [7, 11) is 0. The number of imidazole rings is 1. The first-order valence-electron chi connectivity index (χ1n) is 10.5. The van der Waals surface area contributed by atoms with E-state index in [1.807, 2.05) is 26.8 Å². The van der Waals surface area contributed by atoms with Gasteiger partial charge in [-0.2, -0.15) is 0 Å². The molecule has 2 aromatic rings. The van der Waals surface area contributed by atoms with Crippen LogP contribution in [0.2, 0.25) is 0 Å². The van der Waals surface area contributed by atoms with E-state index in [2.05, 4.69) is 25.6 Å². The molecule has 1 fully saturated rings. The number of amides is 3. The van der Waals surface area contributed by atoms with Gasteiger partial charge in [0.25, 0.3) is 5.91 Å². The van der Waals surface area contributed by atoms with Crippen LogP contribution in [0.5, 0.6) is 0 Å². The second-order valence-electron chi connectivity index (χ2n) is 9.12. The van der Waals surface area contributed by atoms with Crippen LogP contribution in [0.3, 0.4) is 0 Å². The number of nitrogens with zero attached hydrogens (tertiary/aromatic N) is 3. The zero-order valence-corrected chi connectivity index (χ0v) is 18.8. The molecule has 10 heteroatoms. The summed E-state index contributed by atoms with van der Waals surface area (Å²) in [6, 6.07) is 2.36. The van der Waals surface area contributed by atoms with Gasteiger partial charge in [-0.15, -0.1) is 0 Å². The second-order valence-corrected chi connectivity index (χ2v) is 9.12. The molecule has 2 aromatic heterocycles. The van der Waals surface area contributed by atoms with Gasteiger partial charge in [0, 0.05) is 38.8 Å². The van der Waals surface area contributed by atoms with Crippen molar-refractivity contribution in [3.8, 4) is 0 Å². The number of rotatable bonds is 6. The maximum atomic E-state index is 13.3. The minimum Gasteiger partial charge on any atom is -0.391 e. The van der Waals surface area contributed by atoms with E-state index in [-0.39, 0.29) is 36.4 Å². The van der Waals surface area contributed by atoms with E-state index >= 15 is 0 Å². The number of β-amino-alcohol motifs (C(OH)–C–C–N with tert-alkyl or cyclic N) is 1. The van der Waals surface area contributed by atoms with Crippen LogP contribution < -0.4 is 10.6 Å². The minimum absolute atomic E-state index is 0.124. The molecule has 0 bridgehead atoms. The molecule has 3 amide bonds. The minimum atomic E-state index is -0.759. The molecule has 1 saturated heterocycles. The molecule has 0 unspecified atom stereocenters. The van der Waals surface area contributed by atoms with Crippen molar-refractivity contribution in [3.63, 3.8) is 0 Å². The molecular formula is C22H30N6O4. The standard InChI is InChI=1S/C22H30N6O4/c1-13(29)26-18(22(2,3)4)21(32)28-12-15(30)8-17(28)19-24-11-16(27-19)20(31)25-10-14-6-5-7-23-9-14/h5-7,9,11,15,17-18,30H,8,10,12H2,1-4H3,(H,24,27)(H,25,31)(H,26,29)/t15-,17+,18-/m1/s1. The van der Waals surface area contributed by atoms with Crippen molar-refractivity contribution >= 4 is 17.7 Å². The second kappa shape index (κ2) is 9.47. The molecule has 3 heterocycles. The zero-order chi connectivity index (χ0) is 23.5. The molecule has 0 spiro atoms. The quantitative estimate of drug-likeness (QED) is 0.524. The topological polar surface area (TPSA) is 140 Å². The van der Waals surface area contributed by atoms with Gasteiger partial charge in [0.1, 0.15) is 17.6 Å². The number of H-pyrrole nitrogens is 1. The summed E-state index contributed by atoms with van der Waals surface area (Å²) >= 11 is 0. The molecule has 0 radical (unpaired) electrons. The molecule has 1 aliphatic heterocycles. The molecule has 3 atom stereocenters. The fraction of sp³-hybridized carbons (Fsp3) is 0.500. The molecule has 1 aliphatic rings. The summed E-state index contributed by atoms with van der Waals surface area (Å²) in [5.41, 5.74) is 0.593. The van der Waals surface area contributed by atoms with E-state index in [0.29, 0.717) is 12.4 Å². The Morgan fingerprint density at radius 1 is 1.31 bits per heavy atom.